The van der Waals surface area contributed by atoms with E-state index in [4.69, 9.17) is 0 Å². The molecule has 0 aromatic rings. The van der Waals surface area contributed by atoms with Crippen LogP contribution in [0.15, 0.2) is 0 Å². The number of nitrogens with zero attached hydrogens (tertiary/aromatic N) is 1. The van der Waals surface area contributed by atoms with Gasteiger partial charge in [0.25, 0.3) is 0 Å². The van der Waals surface area contributed by atoms with Crippen LogP contribution in [0.3, 0.4) is 0 Å². The molecule has 21 heavy (non-hydrogen) atoms. The Morgan fingerprint density at radius 2 is 1.71 bits per heavy atom. The third-order valence-corrected chi connectivity index (χ3v) is 6.66. The number of aliphatic hydroxyl groups excluding tert-OH is 1. The average molecular weight is 293 g/mol. The van der Waals surface area contributed by atoms with E-state index in [9.17, 15) is 5.11 Å². The average Bonchev–Trinajstić information content (AvgIpc) is 3.20. The van der Waals surface area contributed by atoms with Crippen molar-refractivity contribution in [2.45, 2.75) is 65.2 Å². The van der Waals surface area contributed by atoms with Crippen LogP contribution in [0, 0.1) is 29.1 Å². The first-order valence-corrected chi connectivity index (χ1v) is 9.41. The quantitative estimate of drug-likeness (QED) is 0.768. The van der Waals surface area contributed by atoms with E-state index < -0.39 is 0 Å². The van der Waals surface area contributed by atoms with Crippen LogP contribution >= 0.6 is 0 Å². The number of likely N-dealkylation sites (tertiary alicyclic amines) is 1. The minimum atomic E-state index is 0.243. The highest BCUT2D eigenvalue weighted by Crippen LogP contribution is 2.47. The summed E-state index contributed by atoms with van der Waals surface area (Å²) in [5.41, 5.74) is 0.243. The third kappa shape index (κ3) is 4.22. The molecule has 3 aliphatic rings. The SMILES string of the molecule is CC1CN(CCC2CC2CCC2CCC(C)(CO)CC2)C1. The van der Waals surface area contributed by atoms with E-state index in [0.29, 0.717) is 6.61 Å². The van der Waals surface area contributed by atoms with Gasteiger partial charge >= 0.3 is 0 Å². The topological polar surface area (TPSA) is 23.5 Å². The minimum absolute atomic E-state index is 0.243. The molecule has 0 aromatic carbocycles. The molecule has 0 amide bonds. The van der Waals surface area contributed by atoms with Crippen molar-refractivity contribution in [2.75, 3.05) is 26.2 Å². The van der Waals surface area contributed by atoms with Crippen LogP contribution in [-0.4, -0.2) is 36.2 Å². The van der Waals surface area contributed by atoms with E-state index in [-0.39, 0.29) is 5.41 Å². The highest BCUT2D eigenvalue weighted by Gasteiger charge is 2.38. The van der Waals surface area contributed by atoms with Crippen LogP contribution in [0.5, 0.6) is 0 Å². The van der Waals surface area contributed by atoms with Crippen LogP contribution in [0.1, 0.15) is 65.2 Å². The van der Waals surface area contributed by atoms with Gasteiger partial charge in [-0.15, -0.1) is 0 Å². The molecule has 2 aliphatic carbocycles. The van der Waals surface area contributed by atoms with E-state index in [1.54, 1.807) is 0 Å². The van der Waals surface area contributed by atoms with Crippen LogP contribution in [0.4, 0.5) is 0 Å². The highest BCUT2D eigenvalue weighted by atomic mass is 16.3. The second-order valence-electron chi connectivity index (χ2n) is 8.90. The predicted octanol–water partition coefficient (Wildman–Crippen LogP) is 3.93. The van der Waals surface area contributed by atoms with E-state index in [0.717, 1.165) is 23.7 Å². The Kier molecular flexibility index (Phi) is 4.95. The minimum Gasteiger partial charge on any atom is -0.396 e. The first kappa shape index (κ1) is 15.8. The zero-order chi connectivity index (χ0) is 14.9. The van der Waals surface area contributed by atoms with Crippen molar-refractivity contribution in [2.24, 2.45) is 29.1 Å². The Balaban J connectivity index is 1.24. The normalized spacial score (nSPS) is 41.0. The molecular formula is C19H35NO. The van der Waals surface area contributed by atoms with Gasteiger partial charge in [0.05, 0.1) is 0 Å². The number of hydrogen-bond donors (Lipinski definition) is 1. The zero-order valence-corrected chi connectivity index (χ0v) is 14.2. The molecule has 3 rings (SSSR count). The molecule has 3 fully saturated rings. The standard InChI is InChI=1S/C19H35NO/c1-15-12-20(13-15)10-7-18-11-17(18)4-3-16-5-8-19(2,14-21)9-6-16/h15-18,21H,3-14H2,1-2H3. The second kappa shape index (κ2) is 6.58. The summed E-state index contributed by atoms with van der Waals surface area (Å²) in [6, 6.07) is 0. The Bertz CT molecular complexity index is 328. The van der Waals surface area contributed by atoms with Crippen LogP contribution in [-0.2, 0) is 0 Å². The molecule has 1 N–H and O–H groups in total. The monoisotopic (exact) mass is 293 g/mol. The van der Waals surface area contributed by atoms with Gasteiger partial charge in [-0.05, 0) is 80.6 Å². The maximum Gasteiger partial charge on any atom is 0.0484 e. The second-order valence-corrected chi connectivity index (χ2v) is 8.90. The largest absolute Gasteiger partial charge is 0.396 e. The first-order valence-electron chi connectivity index (χ1n) is 9.41. The number of rotatable bonds is 7. The predicted molar refractivity (Wildman–Crippen MR) is 88.2 cm³/mol. The van der Waals surface area contributed by atoms with Crippen LogP contribution in [0.25, 0.3) is 0 Å². The van der Waals surface area contributed by atoms with Crippen molar-refractivity contribution >= 4 is 0 Å². The summed E-state index contributed by atoms with van der Waals surface area (Å²) in [6.07, 6.45) is 11.1. The van der Waals surface area contributed by atoms with Gasteiger partial charge in [0.2, 0.25) is 0 Å². The van der Waals surface area contributed by atoms with Crippen LogP contribution in [0.2, 0.25) is 0 Å². The Labute approximate surface area is 131 Å². The molecule has 1 aliphatic heterocycles. The van der Waals surface area contributed by atoms with Gasteiger partial charge in [-0.1, -0.05) is 20.3 Å². The van der Waals surface area contributed by atoms with Gasteiger partial charge in [0.15, 0.2) is 0 Å². The maximum atomic E-state index is 9.44. The molecule has 1 heterocycles. The fourth-order valence-electron chi connectivity index (χ4n) is 4.65. The lowest BCUT2D eigenvalue weighted by atomic mass is 9.71. The molecule has 122 valence electrons. The molecule has 0 spiro atoms. The molecule has 2 atom stereocenters. The Morgan fingerprint density at radius 3 is 2.33 bits per heavy atom. The van der Waals surface area contributed by atoms with Crippen molar-refractivity contribution in [1.29, 1.82) is 0 Å². The lowest BCUT2D eigenvalue weighted by Crippen LogP contribution is -2.45. The van der Waals surface area contributed by atoms with Crippen molar-refractivity contribution < 1.29 is 5.11 Å². The molecule has 2 heteroatoms. The van der Waals surface area contributed by atoms with E-state index in [1.165, 1.54) is 71.0 Å². The van der Waals surface area contributed by atoms with Gasteiger partial charge in [-0.2, -0.15) is 0 Å². The van der Waals surface area contributed by atoms with Gasteiger partial charge in [-0.3, -0.25) is 0 Å². The fraction of sp³-hybridized carbons (Fsp3) is 1.00. The highest BCUT2D eigenvalue weighted by molar-refractivity contribution is 4.89. The smallest absolute Gasteiger partial charge is 0.0484 e. The molecule has 2 unspecified atom stereocenters. The molecule has 1 saturated heterocycles. The lowest BCUT2D eigenvalue weighted by molar-refractivity contribution is 0.0782. The summed E-state index contributed by atoms with van der Waals surface area (Å²) in [5.74, 6) is 4.04. The van der Waals surface area contributed by atoms with E-state index >= 15 is 0 Å². The van der Waals surface area contributed by atoms with Crippen molar-refractivity contribution in [1.82, 2.24) is 4.90 Å². The maximum absolute atomic E-state index is 9.44. The van der Waals surface area contributed by atoms with Gasteiger partial charge in [0, 0.05) is 19.7 Å². The molecule has 0 aromatic heterocycles. The Hall–Kier alpha value is -0.0800. The van der Waals surface area contributed by atoms with E-state index in [2.05, 4.69) is 18.7 Å². The van der Waals surface area contributed by atoms with Crippen molar-refractivity contribution in [3.8, 4) is 0 Å². The molecule has 2 saturated carbocycles. The van der Waals surface area contributed by atoms with Crippen molar-refractivity contribution in [3.05, 3.63) is 0 Å². The number of hydrogen-bond acceptors (Lipinski definition) is 2. The zero-order valence-electron chi connectivity index (χ0n) is 14.2. The van der Waals surface area contributed by atoms with Crippen molar-refractivity contribution in [3.63, 3.8) is 0 Å². The Morgan fingerprint density at radius 1 is 1.05 bits per heavy atom. The lowest BCUT2D eigenvalue weighted by Gasteiger charge is -2.37. The van der Waals surface area contributed by atoms with Crippen LogP contribution < -0.4 is 0 Å². The third-order valence-electron chi connectivity index (χ3n) is 6.66. The summed E-state index contributed by atoms with van der Waals surface area (Å²) >= 11 is 0. The fourth-order valence-corrected chi connectivity index (χ4v) is 4.65. The summed E-state index contributed by atoms with van der Waals surface area (Å²) in [7, 11) is 0. The molecular weight excluding hydrogens is 258 g/mol. The van der Waals surface area contributed by atoms with Gasteiger partial charge < -0.3 is 10.0 Å². The summed E-state index contributed by atoms with van der Waals surface area (Å²) < 4.78 is 0. The first-order chi connectivity index (χ1) is 10.1. The number of aliphatic hydroxyl groups is 1. The van der Waals surface area contributed by atoms with Gasteiger partial charge in [-0.25, -0.2) is 0 Å². The summed E-state index contributed by atoms with van der Waals surface area (Å²) in [5, 5.41) is 9.44. The molecule has 0 radical (unpaired) electrons. The summed E-state index contributed by atoms with van der Waals surface area (Å²) in [4.78, 5) is 2.64. The van der Waals surface area contributed by atoms with Gasteiger partial charge in [0.1, 0.15) is 0 Å². The molecule has 2 nitrogen and oxygen atoms in total. The summed E-state index contributed by atoms with van der Waals surface area (Å²) in [6.45, 7) is 9.08. The van der Waals surface area contributed by atoms with E-state index in [1.807, 2.05) is 0 Å². The molecule has 0 bridgehead atoms.